The molecule has 2 amide bonds. The highest BCUT2D eigenvalue weighted by molar-refractivity contribution is 6.30. The molecule has 43 heavy (non-hydrogen) atoms. The van der Waals surface area contributed by atoms with Crippen molar-refractivity contribution in [3.8, 4) is 17.2 Å². The van der Waals surface area contributed by atoms with E-state index in [4.69, 9.17) is 36.3 Å². The maximum Gasteiger partial charge on any atom is 0.256 e. The lowest BCUT2D eigenvalue weighted by Crippen LogP contribution is -2.51. The quantitative estimate of drug-likeness (QED) is 0.367. The number of nitrogens with zero attached hydrogens (tertiary/aromatic N) is 3. The first-order valence-corrected chi connectivity index (χ1v) is 14.5. The van der Waals surface area contributed by atoms with E-state index in [1.807, 2.05) is 36.4 Å². The number of hydrogen-bond donors (Lipinski definition) is 1. The van der Waals surface area contributed by atoms with Gasteiger partial charge < -0.3 is 34.5 Å². The first-order chi connectivity index (χ1) is 20.7. The Morgan fingerprint density at radius 1 is 0.953 bits per heavy atom. The van der Waals surface area contributed by atoms with Crippen LogP contribution in [0.15, 0.2) is 60.9 Å². The van der Waals surface area contributed by atoms with Crippen molar-refractivity contribution in [1.29, 1.82) is 0 Å². The molecule has 2 aliphatic heterocycles. The van der Waals surface area contributed by atoms with E-state index in [0.29, 0.717) is 73.3 Å². The van der Waals surface area contributed by atoms with Crippen LogP contribution in [0.3, 0.4) is 0 Å². The third-order valence-electron chi connectivity index (χ3n) is 8.76. The lowest BCUT2D eigenvalue weighted by atomic mass is 9.72. The molecular formula is C32H37ClN4O6. The summed E-state index contributed by atoms with van der Waals surface area (Å²) in [6, 6.07) is 14.6. The Labute approximate surface area is 256 Å². The number of amides is 2. The molecule has 2 N–H and O–H groups in total. The van der Waals surface area contributed by atoms with E-state index < -0.39 is 11.0 Å². The van der Waals surface area contributed by atoms with Gasteiger partial charge in [0.05, 0.1) is 33.3 Å². The largest absolute Gasteiger partial charge is 0.493 e. The molecule has 10 nitrogen and oxygen atoms in total. The number of hydrogen-bond acceptors (Lipinski definition) is 8. The van der Waals surface area contributed by atoms with E-state index in [1.165, 1.54) is 21.3 Å². The first kappa shape index (κ1) is 30.6. The number of nitrogens with two attached hydrogens (primary N) is 1. The summed E-state index contributed by atoms with van der Waals surface area (Å²) >= 11 is 6.22. The molecule has 11 heteroatoms. The number of carbonyl (C=O) groups is 2. The minimum absolute atomic E-state index is 0.116. The Balaban J connectivity index is 1.34. The van der Waals surface area contributed by atoms with Crippen molar-refractivity contribution < 1.29 is 28.5 Å². The molecule has 1 unspecified atom stereocenters. The summed E-state index contributed by atoms with van der Waals surface area (Å²) in [5, 5.41) is 0.622. The summed E-state index contributed by atoms with van der Waals surface area (Å²) in [6.07, 6.45) is 5.27. The van der Waals surface area contributed by atoms with E-state index in [0.717, 1.165) is 11.1 Å². The van der Waals surface area contributed by atoms with Gasteiger partial charge in [-0.1, -0.05) is 23.7 Å². The van der Waals surface area contributed by atoms with Crippen molar-refractivity contribution >= 4 is 23.4 Å². The topological polar surface area (TPSA) is 116 Å². The van der Waals surface area contributed by atoms with Crippen LogP contribution < -0.4 is 19.9 Å². The first-order valence-electron chi connectivity index (χ1n) is 14.2. The van der Waals surface area contributed by atoms with Gasteiger partial charge in [-0.2, -0.15) is 0 Å². The Hall–Kier alpha value is -3.86. The van der Waals surface area contributed by atoms with Gasteiger partial charge in [-0.3, -0.25) is 14.6 Å². The van der Waals surface area contributed by atoms with E-state index in [9.17, 15) is 9.59 Å². The fourth-order valence-corrected chi connectivity index (χ4v) is 6.31. The summed E-state index contributed by atoms with van der Waals surface area (Å²) < 4.78 is 22.8. The lowest BCUT2D eigenvalue weighted by Gasteiger charge is -2.41. The van der Waals surface area contributed by atoms with E-state index in [-0.39, 0.29) is 18.5 Å². The molecule has 1 aromatic heterocycles. The van der Waals surface area contributed by atoms with Crippen LogP contribution >= 0.6 is 11.6 Å². The van der Waals surface area contributed by atoms with Crippen LogP contribution in [0.25, 0.3) is 0 Å². The van der Waals surface area contributed by atoms with Gasteiger partial charge in [0, 0.05) is 29.5 Å². The van der Waals surface area contributed by atoms with Crippen molar-refractivity contribution in [2.75, 3.05) is 54.2 Å². The number of benzene rings is 2. The predicted molar refractivity (Wildman–Crippen MR) is 162 cm³/mol. The smallest absolute Gasteiger partial charge is 0.256 e. The average Bonchev–Trinajstić information content (AvgIpc) is 3.49. The number of likely N-dealkylation sites (tertiary alicyclic amines) is 1. The van der Waals surface area contributed by atoms with E-state index >= 15 is 0 Å². The standard InChI is InChI=1S/C32H37ClN4O6/c1-40-26-18-22(19-27(41-2)28(26)42-3)29(38)37-20-32(43-21-37,24-4-6-25(33)7-5-24)12-17-36-15-10-31(11-16-36,30(34)39)23-8-13-35-14-9-23/h4-9,13-14,18-19H,10-12,15-17,20-21H2,1-3H3,(H2,34,39). The molecule has 2 aliphatic rings. The van der Waals surface area contributed by atoms with Crippen molar-refractivity contribution in [2.24, 2.45) is 5.73 Å². The summed E-state index contributed by atoms with van der Waals surface area (Å²) in [4.78, 5) is 34.5. The molecule has 0 radical (unpaired) electrons. The summed E-state index contributed by atoms with van der Waals surface area (Å²) in [6.45, 7) is 2.58. The fourth-order valence-electron chi connectivity index (χ4n) is 6.19. The second-order valence-corrected chi connectivity index (χ2v) is 11.4. The molecule has 2 aromatic carbocycles. The second-order valence-electron chi connectivity index (χ2n) is 11.0. The van der Waals surface area contributed by atoms with Gasteiger partial charge in [-0.15, -0.1) is 0 Å². The zero-order chi connectivity index (χ0) is 30.6. The summed E-state index contributed by atoms with van der Waals surface area (Å²) in [5.41, 5.74) is 6.74. The van der Waals surface area contributed by atoms with Crippen LogP contribution in [-0.4, -0.2) is 80.8 Å². The van der Waals surface area contributed by atoms with Crippen LogP contribution in [0, 0.1) is 0 Å². The normalized spacial score (nSPS) is 20.0. The van der Waals surface area contributed by atoms with Crippen molar-refractivity contribution in [3.63, 3.8) is 0 Å². The Kier molecular flexibility index (Phi) is 9.10. The van der Waals surface area contributed by atoms with E-state index in [1.54, 1.807) is 29.4 Å². The third kappa shape index (κ3) is 6.00. The molecule has 0 saturated carbocycles. The number of ether oxygens (including phenoxy) is 4. The SMILES string of the molecule is COc1cc(C(=O)N2COC(CCN3CCC(C(N)=O)(c4ccncc4)CC3)(c3ccc(Cl)cc3)C2)cc(OC)c1OC. The van der Waals surface area contributed by atoms with Crippen molar-refractivity contribution in [3.05, 3.63) is 82.6 Å². The number of primary amides is 1. The van der Waals surface area contributed by atoms with E-state index in [2.05, 4.69) is 9.88 Å². The fraction of sp³-hybridized carbons (Fsp3) is 0.406. The molecule has 228 valence electrons. The Morgan fingerprint density at radius 3 is 2.14 bits per heavy atom. The number of piperidine rings is 1. The number of methoxy groups -OCH3 is 3. The highest BCUT2D eigenvalue weighted by Gasteiger charge is 2.45. The van der Waals surface area contributed by atoms with Gasteiger partial charge >= 0.3 is 0 Å². The molecule has 0 bridgehead atoms. The average molecular weight is 609 g/mol. The molecule has 2 saturated heterocycles. The molecule has 0 aliphatic carbocycles. The monoisotopic (exact) mass is 608 g/mol. The van der Waals surface area contributed by atoms with Crippen LogP contribution in [-0.2, 0) is 20.5 Å². The number of rotatable bonds is 10. The lowest BCUT2D eigenvalue weighted by molar-refractivity contribution is -0.125. The molecule has 3 aromatic rings. The third-order valence-corrected chi connectivity index (χ3v) is 9.01. The molecule has 1 atom stereocenters. The number of carbonyl (C=O) groups excluding carboxylic acids is 2. The van der Waals surface area contributed by atoms with Crippen molar-refractivity contribution in [2.45, 2.75) is 30.3 Å². The number of halogens is 1. The van der Waals surface area contributed by atoms with Crippen molar-refractivity contribution in [1.82, 2.24) is 14.8 Å². The van der Waals surface area contributed by atoms with Gasteiger partial charge in [0.1, 0.15) is 12.3 Å². The highest BCUT2D eigenvalue weighted by atomic mass is 35.5. The van der Waals surface area contributed by atoms with Gasteiger partial charge in [-0.25, -0.2) is 0 Å². The van der Waals surface area contributed by atoms with Crippen LogP contribution in [0.5, 0.6) is 17.2 Å². The maximum absolute atomic E-state index is 13.7. The summed E-state index contributed by atoms with van der Waals surface area (Å²) in [7, 11) is 4.55. The van der Waals surface area contributed by atoms with Crippen LogP contribution in [0.4, 0.5) is 0 Å². The zero-order valence-corrected chi connectivity index (χ0v) is 25.4. The van der Waals surface area contributed by atoms with Gasteiger partial charge in [0.2, 0.25) is 11.7 Å². The predicted octanol–water partition coefficient (Wildman–Crippen LogP) is 4.00. The number of pyridine rings is 1. The second kappa shape index (κ2) is 12.8. The highest BCUT2D eigenvalue weighted by Crippen LogP contribution is 2.41. The molecule has 0 spiro atoms. The van der Waals surface area contributed by atoms with Crippen LogP contribution in [0.2, 0.25) is 5.02 Å². The summed E-state index contributed by atoms with van der Waals surface area (Å²) in [5.74, 6) is 0.699. The maximum atomic E-state index is 13.7. The van der Waals surface area contributed by atoms with Crippen LogP contribution in [0.1, 0.15) is 40.7 Å². The minimum atomic E-state index is -0.746. The molecule has 3 heterocycles. The van der Waals surface area contributed by atoms with Gasteiger partial charge in [0.15, 0.2) is 11.5 Å². The molecule has 5 rings (SSSR count). The minimum Gasteiger partial charge on any atom is -0.493 e. The van der Waals surface area contributed by atoms with Gasteiger partial charge in [0.25, 0.3) is 5.91 Å². The zero-order valence-electron chi connectivity index (χ0n) is 24.7. The Morgan fingerprint density at radius 2 is 1.58 bits per heavy atom. The molecule has 2 fully saturated rings. The molecular weight excluding hydrogens is 572 g/mol. The number of aromatic nitrogens is 1. The Bertz CT molecular complexity index is 1420. The van der Waals surface area contributed by atoms with Gasteiger partial charge in [-0.05, 0) is 79.9 Å².